The average molecular weight is 369 g/mol. The molecule has 2 heterocycles. The third-order valence-corrected chi connectivity index (χ3v) is 5.49. The molecule has 1 aromatic carbocycles. The highest BCUT2D eigenvalue weighted by Crippen LogP contribution is 2.22. The number of hydrogen-bond donors (Lipinski definition) is 1. The topological polar surface area (TPSA) is 81.2 Å². The first-order chi connectivity index (χ1) is 12.5. The van der Waals surface area contributed by atoms with Crippen molar-refractivity contribution in [1.82, 2.24) is 14.7 Å². The van der Waals surface area contributed by atoms with Crippen molar-refractivity contribution >= 4 is 10.0 Å². The van der Waals surface area contributed by atoms with Crippen LogP contribution in [0, 0.1) is 6.92 Å². The molecule has 1 N–H and O–H groups in total. The molecule has 0 fully saturated rings. The molecule has 2 aromatic heterocycles. The molecule has 0 atom stereocenters. The van der Waals surface area contributed by atoms with Crippen LogP contribution >= 0.6 is 0 Å². The second-order valence-electron chi connectivity index (χ2n) is 5.74. The van der Waals surface area contributed by atoms with E-state index in [0.29, 0.717) is 11.3 Å². The molecule has 6 nitrogen and oxygen atoms in total. The number of sulfonamides is 1. The number of nitrogens with zero attached hydrogens (tertiary/aromatic N) is 2. The molecule has 0 bridgehead atoms. The fourth-order valence-electron chi connectivity index (χ4n) is 2.52. The van der Waals surface area contributed by atoms with Gasteiger partial charge in [0.15, 0.2) is 0 Å². The minimum atomic E-state index is -3.66. The lowest BCUT2D eigenvalue weighted by Crippen LogP contribution is -2.24. The van der Waals surface area contributed by atoms with Crippen molar-refractivity contribution in [1.29, 1.82) is 0 Å². The van der Waals surface area contributed by atoms with Gasteiger partial charge >= 0.3 is 0 Å². The van der Waals surface area contributed by atoms with Gasteiger partial charge in [0.25, 0.3) is 0 Å². The van der Waals surface area contributed by atoms with Gasteiger partial charge < -0.3 is 4.74 Å². The van der Waals surface area contributed by atoms with Crippen LogP contribution in [0.1, 0.15) is 11.1 Å². The highest BCUT2D eigenvalue weighted by atomic mass is 32.2. The Balaban J connectivity index is 1.81. The maximum atomic E-state index is 12.7. The van der Waals surface area contributed by atoms with Crippen LogP contribution < -0.4 is 9.46 Å². The van der Waals surface area contributed by atoms with Crippen molar-refractivity contribution in [2.75, 3.05) is 7.11 Å². The van der Waals surface area contributed by atoms with E-state index in [1.54, 1.807) is 43.7 Å². The summed E-state index contributed by atoms with van der Waals surface area (Å²) in [6.07, 6.45) is 5.05. The monoisotopic (exact) mass is 369 g/mol. The second-order valence-corrected chi connectivity index (χ2v) is 7.48. The molecule has 0 saturated carbocycles. The first kappa shape index (κ1) is 18.0. The van der Waals surface area contributed by atoms with E-state index in [0.717, 1.165) is 16.8 Å². The highest BCUT2D eigenvalue weighted by Gasteiger charge is 2.17. The fourth-order valence-corrected chi connectivity index (χ4v) is 3.79. The molecule has 0 radical (unpaired) electrons. The summed E-state index contributed by atoms with van der Waals surface area (Å²) in [5.41, 5.74) is 3.16. The van der Waals surface area contributed by atoms with Crippen molar-refractivity contribution in [3.05, 3.63) is 72.2 Å². The Morgan fingerprint density at radius 3 is 2.54 bits per heavy atom. The lowest BCUT2D eigenvalue weighted by atomic mass is 10.1. The van der Waals surface area contributed by atoms with E-state index in [1.807, 2.05) is 18.2 Å². The van der Waals surface area contributed by atoms with Crippen LogP contribution in [0.2, 0.25) is 0 Å². The van der Waals surface area contributed by atoms with E-state index >= 15 is 0 Å². The van der Waals surface area contributed by atoms with Crippen molar-refractivity contribution in [2.45, 2.75) is 18.4 Å². The van der Waals surface area contributed by atoms with Gasteiger partial charge in [0.1, 0.15) is 5.75 Å². The Bertz CT molecular complexity index is 1010. The molecule has 0 aliphatic rings. The Labute approximate surface area is 153 Å². The fraction of sp³-hybridized carbons (Fsp3) is 0.158. The molecule has 0 amide bonds. The van der Waals surface area contributed by atoms with E-state index in [9.17, 15) is 8.42 Å². The Morgan fingerprint density at radius 1 is 1.04 bits per heavy atom. The summed E-state index contributed by atoms with van der Waals surface area (Å²) in [7, 11) is -2.15. The lowest BCUT2D eigenvalue weighted by Gasteiger charge is -2.11. The zero-order valence-corrected chi connectivity index (χ0v) is 15.3. The standard InChI is InChI=1S/C19H19N3O3S/c1-14-3-4-17(25-2)12-19(14)26(23,24)22-13-15-5-10-21-18(11-15)16-6-8-20-9-7-16/h3-12,22H,13H2,1-2H3. The number of benzene rings is 1. The van der Waals surface area contributed by atoms with Gasteiger partial charge in [-0.05, 0) is 48.4 Å². The number of rotatable bonds is 6. The van der Waals surface area contributed by atoms with Gasteiger partial charge in [-0.3, -0.25) is 9.97 Å². The average Bonchev–Trinajstić information content (AvgIpc) is 2.68. The molecule has 3 aromatic rings. The molecule has 3 rings (SSSR count). The molecule has 0 saturated heterocycles. The van der Waals surface area contributed by atoms with Crippen LogP contribution in [-0.2, 0) is 16.6 Å². The number of pyridine rings is 2. The van der Waals surface area contributed by atoms with Crippen molar-refractivity contribution < 1.29 is 13.2 Å². The van der Waals surface area contributed by atoms with Gasteiger partial charge in [-0.25, -0.2) is 13.1 Å². The number of methoxy groups -OCH3 is 1. The number of aryl methyl sites for hydroxylation is 1. The van der Waals surface area contributed by atoms with E-state index in [4.69, 9.17) is 4.74 Å². The molecule has 7 heteroatoms. The SMILES string of the molecule is COc1ccc(C)c(S(=O)(=O)NCc2ccnc(-c3ccncc3)c2)c1. The van der Waals surface area contributed by atoms with Crippen LogP contribution in [0.3, 0.4) is 0 Å². The van der Waals surface area contributed by atoms with Crippen LogP contribution in [0.4, 0.5) is 0 Å². The van der Waals surface area contributed by atoms with Gasteiger partial charge in [0.2, 0.25) is 10.0 Å². The summed E-state index contributed by atoms with van der Waals surface area (Å²) in [5.74, 6) is 0.500. The minimum absolute atomic E-state index is 0.166. The molecule has 26 heavy (non-hydrogen) atoms. The molecular weight excluding hydrogens is 350 g/mol. The predicted molar refractivity (Wildman–Crippen MR) is 99.2 cm³/mol. The molecule has 0 aliphatic heterocycles. The second kappa shape index (κ2) is 7.63. The summed E-state index contributed by atoms with van der Waals surface area (Å²) in [6.45, 7) is 1.92. The Morgan fingerprint density at radius 2 is 1.81 bits per heavy atom. The molecular formula is C19H19N3O3S. The molecule has 134 valence electrons. The maximum absolute atomic E-state index is 12.7. The molecule has 0 spiro atoms. The summed E-state index contributed by atoms with van der Waals surface area (Å²) in [4.78, 5) is 8.52. The predicted octanol–water partition coefficient (Wildman–Crippen LogP) is 2.94. The van der Waals surface area contributed by atoms with E-state index in [2.05, 4.69) is 14.7 Å². The van der Waals surface area contributed by atoms with E-state index < -0.39 is 10.0 Å². The normalized spacial score (nSPS) is 11.3. The van der Waals surface area contributed by atoms with Gasteiger partial charge in [-0.15, -0.1) is 0 Å². The van der Waals surface area contributed by atoms with Crippen LogP contribution in [0.15, 0.2) is 66.0 Å². The Hall–Kier alpha value is -2.77. The van der Waals surface area contributed by atoms with Gasteiger partial charge in [0, 0.05) is 36.8 Å². The smallest absolute Gasteiger partial charge is 0.241 e. The quantitative estimate of drug-likeness (QED) is 0.722. The third-order valence-electron chi connectivity index (χ3n) is 3.95. The highest BCUT2D eigenvalue weighted by molar-refractivity contribution is 7.89. The summed E-state index contributed by atoms with van der Waals surface area (Å²) >= 11 is 0. The molecule has 0 aliphatic carbocycles. The van der Waals surface area contributed by atoms with Crippen molar-refractivity contribution in [3.63, 3.8) is 0 Å². The van der Waals surface area contributed by atoms with Crippen molar-refractivity contribution in [3.8, 4) is 17.0 Å². The first-order valence-electron chi connectivity index (χ1n) is 7.99. The number of ether oxygens (including phenoxy) is 1. The number of hydrogen-bond acceptors (Lipinski definition) is 5. The zero-order chi connectivity index (χ0) is 18.6. The van der Waals surface area contributed by atoms with E-state index in [-0.39, 0.29) is 11.4 Å². The first-order valence-corrected chi connectivity index (χ1v) is 9.47. The van der Waals surface area contributed by atoms with Crippen LogP contribution in [0.25, 0.3) is 11.3 Å². The third kappa shape index (κ3) is 4.07. The van der Waals surface area contributed by atoms with Gasteiger partial charge in [0.05, 0.1) is 17.7 Å². The largest absolute Gasteiger partial charge is 0.497 e. The van der Waals surface area contributed by atoms with E-state index in [1.165, 1.54) is 13.2 Å². The lowest BCUT2D eigenvalue weighted by molar-refractivity contribution is 0.413. The number of nitrogens with one attached hydrogen (secondary N) is 1. The number of aromatic nitrogens is 2. The Kier molecular flexibility index (Phi) is 5.29. The zero-order valence-electron chi connectivity index (χ0n) is 14.5. The maximum Gasteiger partial charge on any atom is 0.241 e. The van der Waals surface area contributed by atoms with Crippen molar-refractivity contribution in [2.24, 2.45) is 0 Å². The van der Waals surface area contributed by atoms with Crippen LogP contribution in [0.5, 0.6) is 5.75 Å². The van der Waals surface area contributed by atoms with Gasteiger partial charge in [-0.1, -0.05) is 6.07 Å². The minimum Gasteiger partial charge on any atom is -0.497 e. The summed E-state index contributed by atoms with van der Waals surface area (Å²) < 4.78 is 33.1. The van der Waals surface area contributed by atoms with Crippen LogP contribution in [-0.4, -0.2) is 25.5 Å². The van der Waals surface area contributed by atoms with Gasteiger partial charge in [-0.2, -0.15) is 0 Å². The summed E-state index contributed by atoms with van der Waals surface area (Å²) in [6, 6.07) is 12.3. The molecule has 0 unspecified atom stereocenters. The summed E-state index contributed by atoms with van der Waals surface area (Å²) in [5, 5.41) is 0.